The van der Waals surface area contributed by atoms with Crippen LogP contribution in [-0.2, 0) is 11.3 Å². The second-order valence-corrected chi connectivity index (χ2v) is 6.77. The fourth-order valence-electron chi connectivity index (χ4n) is 2.98. The van der Waals surface area contributed by atoms with Gasteiger partial charge in [-0.05, 0) is 23.6 Å². The van der Waals surface area contributed by atoms with E-state index >= 15 is 0 Å². The van der Waals surface area contributed by atoms with Crippen molar-refractivity contribution in [1.29, 1.82) is 0 Å². The lowest BCUT2D eigenvalue weighted by Gasteiger charge is -2.35. The highest BCUT2D eigenvalue weighted by Crippen LogP contribution is 2.14. The van der Waals surface area contributed by atoms with Crippen molar-refractivity contribution >= 4 is 33.3 Å². The van der Waals surface area contributed by atoms with E-state index in [2.05, 4.69) is 14.9 Å². The van der Waals surface area contributed by atoms with E-state index in [4.69, 9.17) is 0 Å². The van der Waals surface area contributed by atoms with Crippen LogP contribution in [0.5, 0.6) is 0 Å². The van der Waals surface area contributed by atoms with Gasteiger partial charge < -0.3 is 9.80 Å². The van der Waals surface area contributed by atoms with Gasteiger partial charge in [0.25, 0.3) is 5.56 Å². The molecule has 0 N–H and O–H groups in total. The average molecular weight is 355 g/mol. The zero-order valence-electron chi connectivity index (χ0n) is 13.5. The van der Waals surface area contributed by atoms with Gasteiger partial charge >= 0.3 is 0 Å². The van der Waals surface area contributed by atoms with Gasteiger partial charge in [-0.2, -0.15) is 0 Å². The van der Waals surface area contributed by atoms with Crippen molar-refractivity contribution in [2.45, 2.75) is 6.54 Å². The number of hydrogen-bond acceptors (Lipinski definition) is 6. The molecule has 0 atom stereocenters. The molecule has 8 heteroatoms. The minimum absolute atomic E-state index is 0.0290. The largest absolute Gasteiger partial charge is 0.353 e. The van der Waals surface area contributed by atoms with Crippen LogP contribution in [0.2, 0.25) is 0 Å². The molecule has 1 aliphatic rings. The van der Waals surface area contributed by atoms with Crippen LogP contribution in [-0.4, -0.2) is 51.5 Å². The summed E-state index contributed by atoms with van der Waals surface area (Å²) >= 11 is 1.42. The highest BCUT2D eigenvalue weighted by molar-refractivity contribution is 7.16. The molecule has 128 valence electrons. The maximum Gasteiger partial charge on any atom is 0.262 e. The predicted octanol–water partition coefficient (Wildman–Crippen LogP) is 1.20. The molecule has 0 saturated carbocycles. The van der Waals surface area contributed by atoms with E-state index in [0.29, 0.717) is 23.3 Å². The maximum absolute atomic E-state index is 12.5. The Morgan fingerprint density at radius 1 is 1.12 bits per heavy atom. The lowest BCUT2D eigenvalue weighted by atomic mass is 10.3. The Bertz CT molecular complexity index is 944. The minimum atomic E-state index is -0.160. The zero-order chi connectivity index (χ0) is 17.2. The van der Waals surface area contributed by atoms with E-state index in [1.54, 1.807) is 17.2 Å². The van der Waals surface area contributed by atoms with Crippen molar-refractivity contribution in [3.05, 3.63) is 52.5 Å². The van der Waals surface area contributed by atoms with Gasteiger partial charge in [0.15, 0.2) is 0 Å². The molecular weight excluding hydrogens is 338 g/mol. The Morgan fingerprint density at radius 2 is 1.96 bits per heavy atom. The number of carbonyl (C=O) groups excluding carboxylic acids is 1. The van der Waals surface area contributed by atoms with Crippen molar-refractivity contribution in [2.75, 3.05) is 31.1 Å². The minimum Gasteiger partial charge on any atom is -0.353 e. The first-order valence-electron chi connectivity index (χ1n) is 8.09. The summed E-state index contributed by atoms with van der Waals surface area (Å²) in [5, 5.41) is 2.41. The first-order valence-corrected chi connectivity index (χ1v) is 8.97. The summed E-state index contributed by atoms with van der Waals surface area (Å²) in [4.78, 5) is 38.2. The third-order valence-electron chi connectivity index (χ3n) is 4.36. The molecule has 0 aliphatic carbocycles. The topological polar surface area (TPSA) is 71.3 Å². The highest BCUT2D eigenvalue weighted by Gasteiger charge is 2.22. The first kappa shape index (κ1) is 15.8. The van der Waals surface area contributed by atoms with Crippen molar-refractivity contribution in [3.63, 3.8) is 0 Å². The number of rotatable bonds is 3. The van der Waals surface area contributed by atoms with Crippen molar-refractivity contribution in [2.24, 2.45) is 0 Å². The number of piperazine rings is 1. The third-order valence-corrected chi connectivity index (χ3v) is 5.18. The number of nitrogens with zero attached hydrogens (tertiary/aromatic N) is 5. The Labute approximate surface area is 148 Å². The van der Waals surface area contributed by atoms with Crippen LogP contribution in [0.3, 0.4) is 0 Å². The fraction of sp³-hybridized carbons (Fsp3) is 0.294. The molecule has 4 heterocycles. The standard InChI is InChI=1S/C17H17N5O2S/c23-15(11-22-12-19-16-13(17(22)24)4-10-25-16)21-8-6-20(7-9-21)14-3-1-2-5-18-14/h1-5,10,12H,6-9,11H2. The number of hydrogen-bond donors (Lipinski definition) is 0. The molecule has 0 unspecified atom stereocenters. The molecule has 3 aromatic heterocycles. The fourth-order valence-corrected chi connectivity index (χ4v) is 3.70. The second-order valence-electron chi connectivity index (χ2n) is 5.87. The van der Waals surface area contributed by atoms with E-state index in [1.165, 1.54) is 22.2 Å². The van der Waals surface area contributed by atoms with Gasteiger partial charge in [-0.1, -0.05) is 6.07 Å². The molecule has 1 fully saturated rings. The molecule has 1 saturated heterocycles. The number of aromatic nitrogens is 3. The van der Waals surface area contributed by atoms with Crippen LogP contribution in [0.15, 0.2) is 47.0 Å². The lowest BCUT2D eigenvalue weighted by molar-refractivity contribution is -0.132. The molecule has 0 aromatic carbocycles. The predicted molar refractivity (Wildman–Crippen MR) is 96.9 cm³/mol. The van der Waals surface area contributed by atoms with Crippen molar-refractivity contribution in [1.82, 2.24) is 19.4 Å². The normalized spacial score (nSPS) is 14.9. The summed E-state index contributed by atoms with van der Waals surface area (Å²) in [6, 6.07) is 7.57. The van der Waals surface area contributed by atoms with Crippen LogP contribution in [0.25, 0.3) is 10.2 Å². The van der Waals surface area contributed by atoms with Crippen LogP contribution < -0.4 is 10.5 Å². The van der Waals surface area contributed by atoms with E-state index in [-0.39, 0.29) is 18.0 Å². The quantitative estimate of drug-likeness (QED) is 0.706. The second kappa shape index (κ2) is 6.64. The number of amides is 1. The van der Waals surface area contributed by atoms with Crippen LogP contribution >= 0.6 is 11.3 Å². The van der Waals surface area contributed by atoms with Gasteiger partial charge in [-0.3, -0.25) is 14.2 Å². The summed E-state index contributed by atoms with van der Waals surface area (Å²) in [5.41, 5.74) is -0.160. The summed E-state index contributed by atoms with van der Waals surface area (Å²) in [6.07, 6.45) is 3.23. The molecule has 3 aromatic rings. The molecule has 0 radical (unpaired) electrons. The molecule has 25 heavy (non-hydrogen) atoms. The monoisotopic (exact) mass is 355 g/mol. The maximum atomic E-state index is 12.5. The summed E-state index contributed by atoms with van der Waals surface area (Å²) in [7, 11) is 0. The molecule has 4 rings (SSSR count). The van der Waals surface area contributed by atoms with Gasteiger partial charge in [-0.25, -0.2) is 9.97 Å². The summed E-state index contributed by atoms with van der Waals surface area (Å²) in [5.74, 6) is 0.872. The highest BCUT2D eigenvalue weighted by atomic mass is 32.1. The van der Waals surface area contributed by atoms with Crippen LogP contribution in [0.1, 0.15) is 0 Å². The van der Waals surface area contributed by atoms with E-state index in [1.807, 2.05) is 23.6 Å². The Morgan fingerprint density at radius 3 is 2.72 bits per heavy atom. The first-order chi connectivity index (χ1) is 12.2. The number of pyridine rings is 1. The van der Waals surface area contributed by atoms with E-state index < -0.39 is 0 Å². The summed E-state index contributed by atoms with van der Waals surface area (Å²) < 4.78 is 1.39. The molecule has 7 nitrogen and oxygen atoms in total. The number of thiophene rings is 1. The number of carbonyl (C=O) groups is 1. The number of anilines is 1. The molecular formula is C17H17N5O2S. The van der Waals surface area contributed by atoms with Crippen molar-refractivity contribution in [3.8, 4) is 0 Å². The van der Waals surface area contributed by atoms with E-state index in [0.717, 1.165) is 18.9 Å². The molecule has 0 bridgehead atoms. The molecule has 1 amide bonds. The Kier molecular flexibility index (Phi) is 4.19. The van der Waals surface area contributed by atoms with Gasteiger partial charge in [0.05, 0.1) is 11.7 Å². The zero-order valence-corrected chi connectivity index (χ0v) is 14.4. The van der Waals surface area contributed by atoms with Gasteiger partial charge in [0.1, 0.15) is 17.2 Å². The van der Waals surface area contributed by atoms with E-state index in [9.17, 15) is 9.59 Å². The average Bonchev–Trinajstić information content (AvgIpc) is 3.14. The Balaban J connectivity index is 1.42. The Hall–Kier alpha value is -2.74. The SMILES string of the molecule is O=C(Cn1cnc2sccc2c1=O)N1CCN(c2ccccn2)CC1. The summed E-state index contributed by atoms with van der Waals surface area (Å²) in [6.45, 7) is 2.75. The molecule has 1 aliphatic heterocycles. The van der Waals surface area contributed by atoms with Crippen molar-refractivity contribution < 1.29 is 4.79 Å². The lowest BCUT2D eigenvalue weighted by Crippen LogP contribution is -2.50. The van der Waals surface area contributed by atoms with Crippen LogP contribution in [0.4, 0.5) is 5.82 Å². The smallest absolute Gasteiger partial charge is 0.262 e. The van der Waals surface area contributed by atoms with Gasteiger partial charge in [0.2, 0.25) is 5.91 Å². The molecule has 0 spiro atoms. The number of fused-ring (bicyclic) bond motifs is 1. The van der Waals surface area contributed by atoms with Crippen LogP contribution in [0, 0.1) is 0 Å². The third kappa shape index (κ3) is 3.12. The van der Waals surface area contributed by atoms with Gasteiger partial charge in [0, 0.05) is 32.4 Å². The van der Waals surface area contributed by atoms with Gasteiger partial charge in [-0.15, -0.1) is 11.3 Å².